The molecule has 178 valence electrons. The van der Waals surface area contributed by atoms with Gasteiger partial charge in [0.25, 0.3) is 0 Å². The third kappa shape index (κ3) is 9.65. The van der Waals surface area contributed by atoms with Crippen molar-refractivity contribution in [2.75, 3.05) is 6.61 Å². The highest BCUT2D eigenvalue weighted by Gasteiger charge is 2.24. The van der Waals surface area contributed by atoms with E-state index in [2.05, 4.69) is 0 Å². The molecule has 2 rings (SSSR count). The lowest BCUT2D eigenvalue weighted by molar-refractivity contribution is -0.147. The third-order valence-electron chi connectivity index (χ3n) is 4.70. The maximum Gasteiger partial charge on any atom is 0.330 e. The lowest BCUT2D eigenvalue weighted by Gasteiger charge is -2.28. The zero-order valence-electron chi connectivity index (χ0n) is 19.4. The van der Waals surface area contributed by atoms with Crippen LogP contribution in [0.1, 0.15) is 31.4 Å². The van der Waals surface area contributed by atoms with Crippen LogP contribution in [-0.2, 0) is 41.8 Å². The Bertz CT molecular complexity index is 1010. The van der Waals surface area contributed by atoms with Gasteiger partial charge in [-0.05, 0) is 31.1 Å². The van der Waals surface area contributed by atoms with Gasteiger partial charge in [-0.3, -0.25) is 14.4 Å². The molecule has 2 aromatic rings. The Balaban J connectivity index is 2.28. The first-order valence-corrected chi connectivity index (χ1v) is 11.0. The summed E-state index contributed by atoms with van der Waals surface area (Å²) in [4.78, 5) is 50.4. The number of carbonyl (C=O) groups is 4. The van der Waals surface area contributed by atoms with Crippen molar-refractivity contribution in [3.63, 3.8) is 0 Å². The lowest BCUT2D eigenvalue weighted by atomic mass is 10.1. The second kappa shape index (κ2) is 14.2. The van der Waals surface area contributed by atoms with Gasteiger partial charge in [-0.15, -0.1) is 0 Å². The van der Waals surface area contributed by atoms with Crippen LogP contribution in [0.3, 0.4) is 0 Å². The van der Waals surface area contributed by atoms with Gasteiger partial charge in [0.2, 0.25) is 5.91 Å². The highest BCUT2D eigenvalue weighted by Crippen LogP contribution is 2.15. The van der Waals surface area contributed by atoms with Crippen molar-refractivity contribution in [3.05, 3.63) is 96.1 Å². The second-order valence-electron chi connectivity index (χ2n) is 7.42. The van der Waals surface area contributed by atoms with E-state index in [-0.39, 0.29) is 32.0 Å². The van der Waals surface area contributed by atoms with E-state index in [0.29, 0.717) is 0 Å². The van der Waals surface area contributed by atoms with Crippen LogP contribution in [0.2, 0.25) is 0 Å². The van der Waals surface area contributed by atoms with E-state index in [0.717, 1.165) is 17.2 Å². The summed E-state index contributed by atoms with van der Waals surface area (Å²) < 4.78 is 10.3. The fraction of sp³-hybridized carbons (Fsp3) is 0.259. The Hall–Kier alpha value is -4.00. The van der Waals surface area contributed by atoms with E-state index < -0.39 is 23.9 Å². The average Bonchev–Trinajstić information content (AvgIpc) is 2.84. The van der Waals surface area contributed by atoms with E-state index in [9.17, 15) is 19.2 Å². The molecule has 0 unspecified atom stereocenters. The monoisotopic (exact) mass is 463 g/mol. The number of esters is 2. The van der Waals surface area contributed by atoms with Gasteiger partial charge in [-0.2, -0.15) is 0 Å². The highest BCUT2D eigenvalue weighted by molar-refractivity contribution is 5.97. The minimum absolute atomic E-state index is 0.0881. The first kappa shape index (κ1) is 26.3. The van der Waals surface area contributed by atoms with Crippen LogP contribution in [-0.4, -0.2) is 41.2 Å². The van der Waals surface area contributed by atoms with Crippen molar-refractivity contribution < 1.29 is 28.7 Å². The van der Waals surface area contributed by atoms with Crippen LogP contribution in [0, 0.1) is 0 Å². The van der Waals surface area contributed by atoms with Crippen LogP contribution in [0.25, 0.3) is 0 Å². The summed E-state index contributed by atoms with van der Waals surface area (Å²) in [5.74, 6) is -1.89. The van der Waals surface area contributed by atoms with Gasteiger partial charge in [0.1, 0.15) is 6.61 Å². The number of allylic oxidation sites excluding steroid dienone is 1. The van der Waals surface area contributed by atoms with Crippen molar-refractivity contribution in [2.24, 2.45) is 0 Å². The SMILES string of the molecule is CCOC(=O)/C=C/[C@H](CC(=O)OCc1ccccc1)N(Cc1ccccc1)C(=O)/C=C/C(C)=O. The molecule has 0 aliphatic heterocycles. The number of hydrogen-bond donors (Lipinski definition) is 0. The molecule has 1 amide bonds. The Kier molecular flexibility index (Phi) is 11.0. The molecule has 7 heteroatoms. The summed E-state index contributed by atoms with van der Waals surface area (Å²) in [6.07, 6.45) is 4.78. The summed E-state index contributed by atoms with van der Waals surface area (Å²) in [5.41, 5.74) is 1.65. The first-order valence-electron chi connectivity index (χ1n) is 11.0. The molecule has 34 heavy (non-hydrogen) atoms. The molecule has 7 nitrogen and oxygen atoms in total. The second-order valence-corrected chi connectivity index (χ2v) is 7.42. The summed E-state index contributed by atoms with van der Waals surface area (Å²) in [6.45, 7) is 3.46. The van der Waals surface area contributed by atoms with Crippen LogP contribution in [0.4, 0.5) is 0 Å². The van der Waals surface area contributed by atoms with Crippen molar-refractivity contribution in [1.29, 1.82) is 0 Å². The average molecular weight is 464 g/mol. The quantitative estimate of drug-likeness (QED) is 0.352. The molecule has 2 aromatic carbocycles. The highest BCUT2D eigenvalue weighted by atomic mass is 16.5. The van der Waals surface area contributed by atoms with Gasteiger partial charge in [-0.1, -0.05) is 66.7 Å². The number of ether oxygens (including phenoxy) is 2. The van der Waals surface area contributed by atoms with Crippen LogP contribution in [0.15, 0.2) is 85.0 Å². The van der Waals surface area contributed by atoms with Crippen molar-refractivity contribution in [1.82, 2.24) is 4.90 Å². The molecular weight excluding hydrogens is 434 g/mol. The molecule has 0 saturated carbocycles. The maximum absolute atomic E-state index is 13.0. The van der Waals surface area contributed by atoms with Gasteiger partial charge in [-0.25, -0.2) is 4.79 Å². The molecule has 0 bridgehead atoms. The molecule has 0 N–H and O–H groups in total. The van der Waals surface area contributed by atoms with E-state index in [1.807, 2.05) is 60.7 Å². The largest absolute Gasteiger partial charge is 0.463 e. The summed E-state index contributed by atoms with van der Waals surface area (Å²) >= 11 is 0. The molecule has 0 saturated heterocycles. The zero-order valence-corrected chi connectivity index (χ0v) is 19.4. The topological polar surface area (TPSA) is 90.0 Å². The number of nitrogens with zero attached hydrogens (tertiary/aromatic N) is 1. The molecule has 1 atom stereocenters. The number of hydrogen-bond acceptors (Lipinski definition) is 6. The Morgan fingerprint density at radius 1 is 0.853 bits per heavy atom. The van der Waals surface area contributed by atoms with Crippen LogP contribution >= 0.6 is 0 Å². The Morgan fingerprint density at radius 3 is 2.06 bits per heavy atom. The standard InChI is InChI=1S/C27H29NO6/c1-3-33-26(31)17-15-24(18-27(32)34-20-23-12-8-5-9-13-23)28(25(30)16-14-21(2)29)19-22-10-6-4-7-11-22/h4-17,24H,3,18-20H2,1-2H3/b16-14+,17-15+/t24-/m1/s1. The van der Waals surface area contributed by atoms with E-state index in [1.54, 1.807) is 6.92 Å². The summed E-state index contributed by atoms with van der Waals surface area (Å²) in [6, 6.07) is 17.6. The Morgan fingerprint density at radius 2 is 1.47 bits per heavy atom. The lowest BCUT2D eigenvalue weighted by Crippen LogP contribution is -2.39. The number of carbonyl (C=O) groups excluding carboxylic acids is 4. The summed E-state index contributed by atoms with van der Waals surface area (Å²) in [7, 11) is 0. The van der Waals surface area contributed by atoms with E-state index in [4.69, 9.17) is 9.47 Å². The fourth-order valence-electron chi connectivity index (χ4n) is 3.05. The Labute approximate surface area is 199 Å². The number of rotatable bonds is 12. The molecule has 0 spiro atoms. The number of benzene rings is 2. The molecule has 0 radical (unpaired) electrons. The molecule has 0 aliphatic carbocycles. The predicted octanol–water partition coefficient (Wildman–Crippen LogP) is 3.78. The van der Waals surface area contributed by atoms with Crippen LogP contribution < -0.4 is 0 Å². The minimum atomic E-state index is -0.808. The molecule has 0 heterocycles. The summed E-state index contributed by atoms with van der Waals surface area (Å²) in [5, 5.41) is 0. The van der Waals surface area contributed by atoms with E-state index in [1.165, 1.54) is 30.1 Å². The van der Waals surface area contributed by atoms with Gasteiger partial charge in [0.05, 0.1) is 19.1 Å². The van der Waals surface area contributed by atoms with Gasteiger partial charge < -0.3 is 14.4 Å². The molecule has 0 fully saturated rings. The number of amides is 1. The molecule has 0 aromatic heterocycles. The smallest absolute Gasteiger partial charge is 0.330 e. The minimum Gasteiger partial charge on any atom is -0.463 e. The van der Waals surface area contributed by atoms with Crippen molar-refractivity contribution >= 4 is 23.6 Å². The third-order valence-corrected chi connectivity index (χ3v) is 4.70. The normalized spacial score (nSPS) is 11.8. The molecule has 0 aliphatic rings. The van der Waals surface area contributed by atoms with Gasteiger partial charge in [0, 0.05) is 18.7 Å². The zero-order chi connectivity index (χ0) is 24.8. The maximum atomic E-state index is 13.0. The van der Waals surface area contributed by atoms with Crippen LogP contribution in [0.5, 0.6) is 0 Å². The van der Waals surface area contributed by atoms with Gasteiger partial charge >= 0.3 is 11.9 Å². The first-order chi connectivity index (χ1) is 16.4. The fourth-order valence-corrected chi connectivity index (χ4v) is 3.05. The van der Waals surface area contributed by atoms with E-state index >= 15 is 0 Å². The van der Waals surface area contributed by atoms with Gasteiger partial charge in [0.15, 0.2) is 5.78 Å². The number of ketones is 1. The molecular formula is C27H29NO6. The van der Waals surface area contributed by atoms with Crippen molar-refractivity contribution in [3.8, 4) is 0 Å². The predicted molar refractivity (Wildman–Crippen MR) is 127 cm³/mol. The van der Waals surface area contributed by atoms with Crippen molar-refractivity contribution in [2.45, 2.75) is 39.5 Å².